The van der Waals surface area contributed by atoms with Crippen LogP contribution in [0.1, 0.15) is 26.2 Å². The van der Waals surface area contributed by atoms with E-state index in [4.69, 9.17) is 9.88 Å². The molecule has 4 unspecified atom stereocenters. The Morgan fingerprint density at radius 3 is 2.53 bits per heavy atom. The fraction of sp³-hybridized carbons (Fsp3) is 0.727. The van der Waals surface area contributed by atoms with E-state index in [0.29, 0.717) is 12.0 Å². The van der Waals surface area contributed by atoms with Crippen LogP contribution in [-0.2, 0) is 19.6 Å². The van der Waals surface area contributed by atoms with E-state index in [1.165, 1.54) is 0 Å². The number of rotatable bonds is 3. The number of ether oxygens (including phenoxy) is 1. The number of carbonyl (C=O) groups excluding carboxylic acids is 1. The van der Waals surface area contributed by atoms with Crippen LogP contribution in [0.3, 0.4) is 0 Å². The van der Waals surface area contributed by atoms with Crippen LogP contribution in [0.15, 0.2) is 12.2 Å². The Labute approximate surface area is 101 Å². The summed E-state index contributed by atoms with van der Waals surface area (Å²) in [6, 6.07) is 0. The number of primary sulfonamides is 1. The third-order valence-electron chi connectivity index (χ3n) is 3.76. The lowest BCUT2D eigenvalue weighted by Crippen LogP contribution is -2.34. The first kappa shape index (κ1) is 12.6. The summed E-state index contributed by atoms with van der Waals surface area (Å²) in [5, 5.41) is 4.69. The molecule has 2 saturated carbocycles. The highest BCUT2D eigenvalue weighted by molar-refractivity contribution is 7.89. The topological polar surface area (TPSA) is 86.5 Å². The maximum absolute atomic E-state index is 11.5. The molecule has 2 N–H and O–H groups in total. The largest absolute Gasteiger partial charge is 0.459 e. The van der Waals surface area contributed by atoms with Crippen molar-refractivity contribution in [2.45, 2.75) is 37.5 Å². The third-order valence-corrected chi connectivity index (χ3v) is 5.25. The van der Waals surface area contributed by atoms with Crippen LogP contribution < -0.4 is 5.14 Å². The van der Waals surface area contributed by atoms with Crippen molar-refractivity contribution in [3.8, 4) is 0 Å². The van der Waals surface area contributed by atoms with Crippen molar-refractivity contribution in [2.24, 2.45) is 17.0 Å². The van der Waals surface area contributed by atoms with Gasteiger partial charge in [-0.2, -0.15) is 0 Å². The number of carbonyl (C=O) groups is 1. The van der Waals surface area contributed by atoms with E-state index >= 15 is 0 Å². The monoisotopic (exact) mass is 259 g/mol. The molecule has 4 atom stereocenters. The molecule has 2 aliphatic rings. The molecule has 0 amide bonds. The molecule has 2 aliphatic carbocycles. The summed E-state index contributed by atoms with van der Waals surface area (Å²) in [6.07, 6.45) is 1.90. The van der Waals surface area contributed by atoms with Gasteiger partial charge < -0.3 is 4.74 Å². The molecular formula is C11H17NO4S. The van der Waals surface area contributed by atoms with Crippen LogP contribution in [0.25, 0.3) is 0 Å². The van der Waals surface area contributed by atoms with Gasteiger partial charge in [-0.15, -0.1) is 0 Å². The molecule has 2 rings (SSSR count). The van der Waals surface area contributed by atoms with Crippen LogP contribution in [0.5, 0.6) is 0 Å². The summed E-state index contributed by atoms with van der Waals surface area (Å²) in [7, 11) is -3.54. The maximum atomic E-state index is 11.5. The quantitative estimate of drug-likeness (QED) is 0.592. The number of hydrogen-bond acceptors (Lipinski definition) is 4. The summed E-state index contributed by atoms with van der Waals surface area (Å²) < 4.78 is 28.2. The van der Waals surface area contributed by atoms with E-state index in [1.54, 1.807) is 6.92 Å². The normalized spacial score (nSPS) is 35.9. The summed E-state index contributed by atoms with van der Waals surface area (Å²) in [6.45, 7) is 5.09. The van der Waals surface area contributed by atoms with Gasteiger partial charge in [-0.25, -0.2) is 18.4 Å². The van der Waals surface area contributed by atoms with E-state index in [1.807, 2.05) is 0 Å². The molecule has 0 saturated heterocycles. The lowest BCUT2D eigenvalue weighted by Gasteiger charge is -2.22. The second-order valence-electron chi connectivity index (χ2n) is 5.01. The van der Waals surface area contributed by atoms with Gasteiger partial charge in [-0.1, -0.05) is 6.58 Å². The number of sulfonamides is 1. The first-order valence-corrected chi connectivity index (χ1v) is 7.29. The summed E-state index contributed by atoms with van der Waals surface area (Å²) in [5.41, 5.74) is 0.333. The SMILES string of the molecule is C=C(C)C(=O)OC1CC2CCC1C2S(N)(=O)=O. The minimum atomic E-state index is -3.54. The first-order valence-electron chi connectivity index (χ1n) is 5.69. The number of hydrogen-bond donors (Lipinski definition) is 1. The van der Waals surface area contributed by atoms with Gasteiger partial charge in [0.15, 0.2) is 0 Å². The Hall–Kier alpha value is -0.880. The Bertz CT molecular complexity index is 456. The van der Waals surface area contributed by atoms with Crippen molar-refractivity contribution in [2.75, 3.05) is 0 Å². The number of nitrogens with two attached hydrogens (primary N) is 1. The van der Waals surface area contributed by atoms with Gasteiger partial charge in [0.2, 0.25) is 10.0 Å². The molecule has 0 aromatic rings. The van der Waals surface area contributed by atoms with E-state index in [0.717, 1.165) is 12.8 Å². The van der Waals surface area contributed by atoms with Gasteiger partial charge in [-0.3, -0.25) is 0 Å². The average molecular weight is 259 g/mol. The zero-order chi connectivity index (χ0) is 12.8. The van der Waals surface area contributed by atoms with Crippen LogP contribution in [-0.4, -0.2) is 25.7 Å². The molecule has 0 aliphatic heterocycles. The molecule has 0 radical (unpaired) electrons. The average Bonchev–Trinajstić information content (AvgIpc) is 2.73. The third kappa shape index (κ3) is 2.24. The minimum Gasteiger partial charge on any atom is -0.459 e. The van der Waals surface area contributed by atoms with Crippen molar-refractivity contribution in [1.29, 1.82) is 0 Å². The molecule has 17 heavy (non-hydrogen) atoms. The predicted octanol–water partition coefficient (Wildman–Crippen LogP) is 0.561. The summed E-state index contributed by atoms with van der Waals surface area (Å²) >= 11 is 0. The molecule has 2 fully saturated rings. The van der Waals surface area contributed by atoms with Gasteiger partial charge >= 0.3 is 5.97 Å². The van der Waals surface area contributed by atoms with Crippen LogP contribution in [0, 0.1) is 11.8 Å². The molecule has 0 heterocycles. The standard InChI is InChI=1S/C11H17NO4S/c1-6(2)11(13)16-9-5-7-3-4-8(9)10(7)17(12,14)15/h7-10H,1,3-5H2,2H3,(H2,12,14,15). The summed E-state index contributed by atoms with van der Waals surface area (Å²) in [4.78, 5) is 11.4. The second-order valence-corrected chi connectivity index (χ2v) is 6.74. The Kier molecular flexibility index (Phi) is 3.03. The fourth-order valence-corrected chi connectivity index (χ4v) is 4.68. The van der Waals surface area contributed by atoms with Crippen LogP contribution >= 0.6 is 0 Å². The minimum absolute atomic E-state index is 0.0397. The van der Waals surface area contributed by atoms with E-state index in [2.05, 4.69) is 6.58 Å². The highest BCUT2D eigenvalue weighted by Gasteiger charge is 2.54. The molecule has 0 aromatic heterocycles. The van der Waals surface area contributed by atoms with Crippen molar-refractivity contribution in [1.82, 2.24) is 0 Å². The first-order chi connectivity index (χ1) is 7.80. The van der Waals surface area contributed by atoms with E-state index < -0.39 is 21.2 Å². The van der Waals surface area contributed by atoms with Crippen molar-refractivity contribution in [3.05, 3.63) is 12.2 Å². The van der Waals surface area contributed by atoms with Crippen molar-refractivity contribution < 1.29 is 17.9 Å². The van der Waals surface area contributed by atoms with E-state index in [9.17, 15) is 13.2 Å². The number of fused-ring (bicyclic) bond motifs is 2. The smallest absolute Gasteiger partial charge is 0.333 e. The van der Waals surface area contributed by atoms with Crippen molar-refractivity contribution in [3.63, 3.8) is 0 Å². The fourth-order valence-electron chi connectivity index (χ4n) is 3.09. The molecular weight excluding hydrogens is 242 g/mol. The van der Waals surface area contributed by atoms with Gasteiger partial charge in [0.05, 0.1) is 5.25 Å². The van der Waals surface area contributed by atoms with Gasteiger partial charge in [0, 0.05) is 11.5 Å². The van der Waals surface area contributed by atoms with Crippen LogP contribution in [0.4, 0.5) is 0 Å². The predicted molar refractivity (Wildman–Crippen MR) is 62.4 cm³/mol. The van der Waals surface area contributed by atoms with Gasteiger partial charge in [0.25, 0.3) is 0 Å². The Balaban J connectivity index is 2.11. The van der Waals surface area contributed by atoms with Gasteiger partial charge in [-0.05, 0) is 32.1 Å². The highest BCUT2D eigenvalue weighted by atomic mass is 32.2. The zero-order valence-electron chi connectivity index (χ0n) is 9.76. The Morgan fingerprint density at radius 2 is 2.06 bits per heavy atom. The lowest BCUT2D eigenvalue weighted by atomic mass is 9.98. The maximum Gasteiger partial charge on any atom is 0.333 e. The second kappa shape index (κ2) is 4.10. The molecule has 0 spiro atoms. The molecule has 96 valence electrons. The Morgan fingerprint density at radius 1 is 1.41 bits per heavy atom. The number of esters is 1. The molecule has 2 bridgehead atoms. The van der Waals surface area contributed by atoms with Crippen molar-refractivity contribution >= 4 is 16.0 Å². The molecule has 0 aromatic carbocycles. The summed E-state index contributed by atoms with van der Waals surface area (Å²) in [5.74, 6) is -0.549. The van der Waals surface area contributed by atoms with Crippen LogP contribution in [0.2, 0.25) is 0 Å². The van der Waals surface area contributed by atoms with Gasteiger partial charge in [0.1, 0.15) is 6.10 Å². The lowest BCUT2D eigenvalue weighted by molar-refractivity contribution is -0.146. The van der Waals surface area contributed by atoms with E-state index in [-0.39, 0.29) is 17.9 Å². The zero-order valence-corrected chi connectivity index (χ0v) is 10.6. The molecule has 6 heteroatoms. The highest BCUT2D eigenvalue weighted by Crippen LogP contribution is 2.48. The molecule has 5 nitrogen and oxygen atoms in total.